The number of carbonyl (C=O) groups excluding carboxylic acids is 9. The molecular weight excluding hydrogens is 893 g/mol. The summed E-state index contributed by atoms with van der Waals surface area (Å²) in [5.41, 5.74) is 10.8. The Kier molecular flexibility index (Phi) is 29.4. The van der Waals surface area contributed by atoms with Crippen molar-refractivity contribution in [2.75, 3.05) is 36.3 Å². The zero-order valence-corrected chi connectivity index (χ0v) is 40.9. The van der Waals surface area contributed by atoms with Crippen LogP contribution in [0.15, 0.2) is 0 Å². The molecule has 64 heavy (non-hydrogen) atoms. The minimum Gasteiger partial charge on any atom is -0.480 e. The maximum Gasteiger partial charge on any atom is 0.326 e. The third-order valence-corrected chi connectivity index (χ3v) is 11.8. The molecule has 0 aromatic heterocycles. The van der Waals surface area contributed by atoms with Crippen molar-refractivity contribution in [2.45, 2.75) is 135 Å². The molecule has 10 atom stereocenters. The first-order valence-electron chi connectivity index (χ1n) is 21.2. The van der Waals surface area contributed by atoms with Gasteiger partial charge in [-0.05, 0) is 68.0 Å². The summed E-state index contributed by atoms with van der Waals surface area (Å²) in [5, 5.41) is 30.0. The number of hydrogen-bond donors (Lipinski definition) is 12. The lowest BCUT2D eigenvalue weighted by atomic mass is 9.94. The molecule has 0 rings (SSSR count). The highest BCUT2D eigenvalue weighted by Gasteiger charge is 2.35. The number of nitrogens with two attached hydrogens (primary N) is 2. The van der Waals surface area contributed by atoms with Gasteiger partial charge in [0.2, 0.25) is 53.2 Å². The van der Waals surface area contributed by atoms with Crippen LogP contribution in [0.5, 0.6) is 0 Å². The van der Waals surface area contributed by atoms with Crippen LogP contribution in [-0.4, -0.2) is 149 Å². The first-order valence-corrected chi connectivity index (χ1v) is 24.6. The normalized spacial score (nSPS) is 15.8. The van der Waals surface area contributed by atoms with Gasteiger partial charge in [-0.1, -0.05) is 54.4 Å². The lowest BCUT2D eigenvalue weighted by Gasteiger charge is -2.29. The highest BCUT2D eigenvalue weighted by Crippen LogP contribution is 2.14. The lowest BCUT2D eigenvalue weighted by Crippen LogP contribution is -2.60. The van der Waals surface area contributed by atoms with Gasteiger partial charge in [-0.25, -0.2) is 4.79 Å². The predicted octanol–water partition coefficient (Wildman–Crippen LogP) is -1.62. The Morgan fingerprint density at radius 3 is 1.55 bits per heavy atom. The smallest absolute Gasteiger partial charge is 0.326 e. The van der Waals surface area contributed by atoms with Gasteiger partial charge in [0.25, 0.3) is 0 Å². The Labute approximate surface area is 390 Å². The Morgan fingerprint density at radius 2 is 1.06 bits per heavy atom. The monoisotopic (exact) mass is 964 g/mol. The summed E-state index contributed by atoms with van der Waals surface area (Å²) in [6.45, 7) is 11.5. The zero-order chi connectivity index (χ0) is 49.3. The van der Waals surface area contributed by atoms with E-state index in [9.17, 15) is 53.1 Å². The van der Waals surface area contributed by atoms with Crippen LogP contribution in [0.3, 0.4) is 0 Å². The molecule has 0 unspecified atom stereocenters. The first kappa shape index (κ1) is 59.7. The molecule has 0 aliphatic rings. The predicted molar refractivity (Wildman–Crippen MR) is 250 cm³/mol. The van der Waals surface area contributed by atoms with Crippen molar-refractivity contribution in [3.63, 3.8) is 0 Å². The van der Waals surface area contributed by atoms with Crippen LogP contribution in [0.1, 0.15) is 87.0 Å². The zero-order valence-electron chi connectivity index (χ0n) is 38.4. The largest absolute Gasteiger partial charge is 0.480 e. The van der Waals surface area contributed by atoms with Crippen LogP contribution in [0.4, 0.5) is 0 Å². The number of hydrogen-bond acceptors (Lipinski definition) is 14. The van der Waals surface area contributed by atoms with Gasteiger partial charge in [0.05, 0.1) is 19.0 Å². The molecule has 0 aliphatic heterocycles. The molecule has 0 spiro atoms. The lowest BCUT2D eigenvalue weighted by molar-refractivity contribution is -0.142. The van der Waals surface area contributed by atoms with Gasteiger partial charge >= 0.3 is 5.97 Å². The van der Waals surface area contributed by atoms with Crippen LogP contribution in [-0.2, 0) is 47.9 Å². The first-order chi connectivity index (χ1) is 30.0. The highest BCUT2D eigenvalue weighted by atomic mass is 32.2. The topological polar surface area (TPSA) is 339 Å². The van der Waals surface area contributed by atoms with Gasteiger partial charge in [0.1, 0.15) is 42.3 Å². The molecular formula is C40H72N10O11S3. The van der Waals surface area contributed by atoms with E-state index >= 15 is 0 Å². The van der Waals surface area contributed by atoms with Crippen molar-refractivity contribution < 1.29 is 53.1 Å². The SMILES string of the molecule is CC[C@H](C)[C@H](NC(=O)CNC(=O)[C@H](CC(C)C)NC(=O)[C@H](C)NC(=O)[C@H](CS)NC(=O)[C@H](CCSC)NC(=O)[C@@H](N)CC(N)=O)C(=O)N[C@H](C(=O)N[C@@H](CCSC)C(=O)O)[C@@H](C)CC. The van der Waals surface area contributed by atoms with Crippen LogP contribution >= 0.6 is 36.2 Å². The second-order valence-corrected chi connectivity index (χ2v) is 18.3. The summed E-state index contributed by atoms with van der Waals surface area (Å²) in [5.74, 6) is -8.08. The van der Waals surface area contributed by atoms with Crippen LogP contribution in [0.2, 0.25) is 0 Å². The Morgan fingerprint density at radius 1 is 0.594 bits per heavy atom. The molecule has 0 saturated carbocycles. The fraction of sp³-hybridized carbons (Fsp3) is 0.750. The number of nitrogens with one attached hydrogen (secondary N) is 8. The van der Waals surface area contributed by atoms with Crippen LogP contribution in [0.25, 0.3) is 0 Å². The van der Waals surface area contributed by atoms with E-state index in [-0.39, 0.29) is 30.9 Å². The molecule has 0 aliphatic carbocycles. The van der Waals surface area contributed by atoms with E-state index in [0.29, 0.717) is 24.3 Å². The van der Waals surface area contributed by atoms with Crippen LogP contribution < -0.4 is 54.0 Å². The third-order valence-electron chi connectivity index (χ3n) is 10.2. The van der Waals surface area contributed by atoms with Gasteiger partial charge in [-0.3, -0.25) is 43.2 Å². The summed E-state index contributed by atoms with van der Waals surface area (Å²) >= 11 is 7.00. The summed E-state index contributed by atoms with van der Waals surface area (Å²) in [7, 11) is 0. The number of rotatable bonds is 32. The number of thioether (sulfide) groups is 2. The van der Waals surface area contributed by atoms with E-state index in [4.69, 9.17) is 11.5 Å². The molecule has 0 saturated heterocycles. The van der Waals surface area contributed by atoms with Crippen molar-refractivity contribution in [2.24, 2.45) is 29.2 Å². The van der Waals surface area contributed by atoms with Crippen molar-refractivity contribution in [3.05, 3.63) is 0 Å². The quantitative estimate of drug-likeness (QED) is 0.0338. The fourth-order valence-electron chi connectivity index (χ4n) is 5.85. The van der Waals surface area contributed by atoms with E-state index in [1.165, 1.54) is 30.4 Å². The average molecular weight is 965 g/mol. The highest BCUT2D eigenvalue weighted by molar-refractivity contribution is 7.98. The van der Waals surface area contributed by atoms with Crippen LogP contribution in [0, 0.1) is 17.8 Å². The van der Waals surface area contributed by atoms with E-state index in [1.54, 1.807) is 40.9 Å². The number of carbonyl (C=O) groups is 10. The summed E-state index contributed by atoms with van der Waals surface area (Å²) < 4.78 is 0. The van der Waals surface area contributed by atoms with Crippen molar-refractivity contribution in [3.8, 4) is 0 Å². The number of carboxylic acids is 1. The number of primary amides is 1. The summed E-state index contributed by atoms with van der Waals surface area (Å²) in [6, 6.07) is -9.45. The molecule has 24 heteroatoms. The molecule has 13 N–H and O–H groups in total. The third kappa shape index (κ3) is 22.6. The molecule has 0 bridgehead atoms. The molecule has 0 aromatic carbocycles. The summed E-state index contributed by atoms with van der Waals surface area (Å²) in [4.78, 5) is 129. The van der Waals surface area contributed by atoms with Gasteiger partial charge < -0.3 is 59.1 Å². The van der Waals surface area contributed by atoms with Gasteiger partial charge in [0, 0.05) is 5.75 Å². The average Bonchev–Trinajstić information content (AvgIpc) is 3.23. The molecule has 21 nitrogen and oxygen atoms in total. The number of thiol groups is 1. The number of aliphatic carboxylic acids is 1. The Hall–Kier alpha value is -4.29. The van der Waals surface area contributed by atoms with E-state index in [1.807, 2.05) is 13.2 Å². The Balaban J connectivity index is 5.79. The molecule has 9 amide bonds. The minimum absolute atomic E-state index is 0.117. The van der Waals surface area contributed by atoms with Crippen molar-refractivity contribution in [1.82, 2.24) is 42.5 Å². The number of amides is 9. The minimum atomic E-state index is -1.29. The molecule has 0 radical (unpaired) electrons. The molecule has 366 valence electrons. The molecule has 0 heterocycles. The molecule has 0 fully saturated rings. The molecule has 0 aromatic rings. The summed E-state index contributed by atoms with van der Waals surface area (Å²) in [6.07, 6.45) is 4.55. The standard InChI is InChI=1S/C40H72N10O11S3/c1-10-21(5)31(39(59)50-32(22(6)11-2)38(58)46-26(40(60)61)13-15-64-9)49-30(52)18-43-35(55)27(16-20(3)4)47-33(53)23(7)44-37(57)28(19-62)48-36(56)25(12-14-63-8)45-34(54)24(41)17-29(42)51/h20-28,31-32,62H,10-19,41H2,1-9H3,(H2,42,51)(H,43,55)(H,44,57)(H,45,54)(H,46,58)(H,47,53)(H,48,56)(H,49,52)(H,50,59)(H,60,61)/t21-,22-,23-,24-,25-,26-,27-,28-,31-,32-/m0/s1. The number of carboxylic acid groups (broad SMARTS) is 1. The second kappa shape index (κ2) is 31.6. The van der Waals surface area contributed by atoms with Gasteiger partial charge in [-0.2, -0.15) is 36.2 Å². The van der Waals surface area contributed by atoms with Crippen molar-refractivity contribution in [1.29, 1.82) is 0 Å². The maximum absolute atomic E-state index is 13.7. The van der Waals surface area contributed by atoms with Crippen molar-refractivity contribution >= 4 is 95.3 Å². The van der Waals surface area contributed by atoms with Gasteiger partial charge in [-0.15, -0.1) is 0 Å². The maximum atomic E-state index is 13.7. The van der Waals surface area contributed by atoms with E-state index < -0.39 is 132 Å². The van der Waals surface area contributed by atoms with E-state index in [0.717, 1.165) is 0 Å². The van der Waals surface area contributed by atoms with E-state index in [2.05, 4.69) is 55.2 Å². The van der Waals surface area contributed by atoms with Gasteiger partial charge in [0.15, 0.2) is 0 Å². The fourth-order valence-corrected chi connectivity index (χ4v) is 7.05. The Bertz CT molecular complexity index is 1590. The second-order valence-electron chi connectivity index (χ2n) is 16.0.